The Morgan fingerprint density at radius 3 is 2.10 bits per heavy atom. The van der Waals surface area contributed by atoms with Gasteiger partial charge in [0.25, 0.3) is 15.9 Å². The van der Waals surface area contributed by atoms with E-state index in [1.807, 2.05) is 12.1 Å². The van der Waals surface area contributed by atoms with E-state index in [-0.39, 0.29) is 4.90 Å². The van der Waals surface area contributed by atoms with Gasteiger partial charge in [-0.2, -0.15) is 0 Å². The average Bonchev–Trinajstić information content (AvgIpc) is 3.24. The van der Waals surface area contributed by atoms with Crippen LogP contribution in [0.2, 0.25) is 0 Å². The number of hydrogen-bond acceptors (Lipinski definition) is 4. The fourth-order valence-corrected chi connectivity index (χ4v) is 4.84. The van der Waals surface area contributed by atoms with Crippen LogP contribution >= 0.6 is 0 Å². The predicted octanol–water partition coefficient (Wildman–Crippen LogP) is 4.71. The predicted molar refractivity (Wildman–Crippen MR) is 118 cm³/mol. The van der Waals surface area contributed by atoms with Gasteiger partial charge in [0, 0.05) is 0 Å². The number of hydrogen-bond donors (Lipinski definition) is 2. The molecule has 0 bridgehead atoms. The number of rotatable bonds is 14. The van der Waals surface area contributed by atoms with Gasteiger partial charge in [-0.15, -0.1) is 0 Å². The van der Waals surface area contributed by atoms with Crippen molar-refractivity contribution in [3.63, 3.8) is 0 Å². The molecular formula is C23H38N2O3S. The highest BCUT2D eigenvalue weighted by molar-refractivity contribution is 7.90. The molecule has 2 rings (SSSR count). The second-order valence-electron chi connectivity index (χ2n) is 8.19. The van der Waals surface area contributed by atoms with Crippen LogP contribution in [0.4, 0.5) is 0 Å². The minimum atomic E-state index is -3.80. The number of carbonyl (C=O) groups is 1. The third-order valence-electron chi connectivity index (χ3n) is 5.66. The van der Waals surface area contributed by atoms with Gasteiger partial charge in [-0.05, 0) is 49.9 Å². The minimum Gasteiger partial charge on any atom is -0.306 e. The lowest BCUT2D eigenvalue weighted by Gasteiger charge is -2.12. The van der Waals surface area contributed by atoms with Crippen LogP contribution in [0.5, 0.6) is 0 Å². The first kappa shape index (κ1) is 23.9. The molecular weight excluding hydrogens is 384 g/mol. The van der Waals surface area contributed by atoms with E-state index < -0.39 is 22.0 Å². The van der Waals surface area contributed by atoms with Gasteiger partial charge in [-0.1, -0.05) is 76.8 Å². The molecule has 0 radical (unpaired) electrons. The molecule has 0 aliphatic carbocycles. The van der Waals surface area contributed by atoms with Gasteiger partial charge in [0.1, 0.15) is 0 Å². The Labute approximate surface area is 177 Å². The molecule has 1 aliphatic heterocycles. The first-order valence-corrected chi connectivity index (χ1v) is 12.9. The Kier molecular flexibility index (Phi) is 10.7. The van der Waals surface area contributed by atoms with Gasteiger partial charge < -0.3 is 5.32 Å². The van der Waals surface area contributed by atoms with Crippen molar-refractivity contribution in [1.29, 1.82) is 0 Å². The maximum atomic E-state index is 12.4. The van der Waals surface area contributed by atoms with Gasteiger partial charge in [0.15, 0.2) is 0 Å². The van der Waals surface area contributed by atoms with Crippen LogP contribution in [-0.2, 0) is 21.2 Å². The summed E-state index contributed by atoms with van der Waals surface area (Å²) in [7, 11) is -3.80. The van der Waals surface area contributed by atoms with Crippen molar-refractivity contribution in [1.82, 2.24) is 10.0 Å². The van der Waals surface area contributed by atoms with Crippen LogP contribution in [0, 0.1) is 0 Å². The topological polar surface area (TPSA) is 75.3 Å². The van der Waals surface area contributed by atoms with E-state index in [2.05, 4.69) is 17.0 Å². The summed E-state index contributed by atoms with van der Waals surface area (Å²) in [6.07, 6.45) is 15.6. The summed E-state index contributed by atoms with van der Waals surface area (Å²) in [5, 5.41) is 3.02. The zero-order valence-electron chi connectivity index (χ0n) is 17.9. The second-order valence-corrected chi connectivity index (χ2v) is 9.88. The van der Waals surface area contributed by atoms with Crippen molar-refractivity contribution in [2.45, 2.75) is 101 Å². The molecule has 1 aliphatic rings. The molecule has 1 atom stereocenters. The maximum Gasteiger partial charge on any atom is 0.264 e. The highest BCUT2D eigenvalue weighted by Gasteiger charge is 2.26. The average molecular weight is 423 g/mol. The molecule has 1 aromatic rings. The molecule has 1 amide bonds. The van der Waals surface area contributed by atoms with Gasteiger partial charge in [-0.3, -0.25) is 4.79 Å². The lowest BCUT2D eigenvalue weighted by atomic mass is 10.0. The monoisotopic (exact) mass is 422 g/mol. The molecule has 1 aromatic carbocycles. The normalized spacial score (nSPS) is 16.8. The summed E-state index contributed by atoms with van der Waals surface area (Å²) >= 11 is 0. The van der Waals surface area contributed by atoms with E-state index in [1.54, 1.807) is 12.1 Å². The Bertz CT molecular complexity index is 695. The summed E-state index contributed by atoms with van der Waals surface area (Å²) in [6.45, 7) is 3.01. The van der Waals surface area contributed by atoms with Gasteiger partial charge in [-0.25, -0.2) is 13.1 Å². The van der Waals surface area contributed by atoms with Crippen LogP contribution in [0.1, 0.15) is 89.5 Å². The lowest BCUT2D eigenvalue weighted by molar-refractivity contribution is -0.121. The first-order chi connectivity index (χ1) is 14.0. The summed E-state index contributed by atoms with van der Waals surface area (Å²) in [5.74, 6) is -0.461. The van der Waals surface area contributed by atoms with Crippen LogP contribution in [0.25, 0.3) is 0 Å². The second kappa shape index (κ2) is 13.0. The minimum absolute atomic E-state index is 0.149. The third kappa shape index (κ3) is 8.87. The molecule has 5 nitrogen and oxygen atoms in total. The Morgan fingerprint density at radius 2 is 1.55 bits per heavy atom. The van der Waals surface area contributed by atoms with Crippen LogP contribution in [0.15, 0.2) is 29.2 Å². The van der Waals surface area contributed by atoms with E-state index in [1.165, 1.54) is 57.8 Å². The van der Waals surface area contributed by atoms with Crippen LogP contribution in [-0.4, -0.2) is 26.9 Å². The number of nitrogens with one attached hydrogen (secondary N) is 2. The molecule has 1 fully saturated rings. The fraction of sp³-hybridized carbons (Fsp3) is 0.696. The first-order valence-electron chi connectivity index (χ1n) is 11.4. The summed E-state index contributed by atoms with van der Waals surface area (Å²) in [4.78, 5) is 12.2. The van der Waals surface area contributed by atoms with Gasteiger partial charge in [0.2, 0.25) is 0 Å². The summed E-state index contributed by atoms with van der Waals surface area (Å²) in [5.41, 5.74) is 1.15. The van der Waals surface area contributed by atoms with Gasteiger partial charge in [0.05, 0.1) is 10.9 Å². The number of benzene rings is 1. The molecule has 1 heterocycles. The largest absolute Gasteiger partial charge is 0.306 e. The quantitative estimate of drug-likeness (QED) is 0.426. The Balaban J connectivity index is 1.64. The van der Waals surface area contributed by atoms with Crippen molar-refractivity contribution < 1.29 is 13.2 Å². The van der Waals surface area contributed by atoms with Crippen molar-refractivity contribution in [2.75, 3.05) is 6.54 Å². The molecule has 29 heavy (non-hydrogen) atoms. The molecule has 1 saturated heterocycles. The standard InChI is InChI=1S/C23H38N2O3S/c1-2-3-4-5-6-7-8-9-10-11-13-20-15-17-21(18-16-20)29(27,28)25-23(26)22-14-12-19-24-22/h15-18,22,24H,2-14,19H2,1H3,(H,25,26)/t22-/m0/s1. The fourth-order valence-electron chi connectivity index (χ4n) is 3.82. The number of amides is 1. The molecule has 2 N–H and O–H groups in total. The molecule has 164 valence electrons. The van der Waals surface area contributed by atoms with Gasteiger partial charge >= 0.3 is 0 Å². The smallest absolute Gasteiger partial charge is 0.264 e. The molecule has 0 spiro atoms. The van der Waals surface area contributed by atoms with Crippen molar-refractivity contribution in [3.8, 4) is 0 Å². The highest BCUT2D eigenvalue weighted by Crippen LogP contribution is 2.15. The van der Waals surface area contributed by atoms with Crippen LogP contribution < -0.4 is 10.0 Å². The molecule has 6 heteroatoms. The van der Waals surface area contributed by atoms with Crippen LogP contribution in [0.3, 0.4) is 0 Å². The Hall–Kier alpha value is -1.40. The van der Waals surface area contributed by atoms with Crippen molar-refractivity contribution in [3.05, 3.63) is 29.8 Å². The Morgan fingerprint density at radius 1 is 0.966 bits per heavy atom. The van der Waals surface area contributed by atoms with Crippen molar-refractivity contribution in [2.24, 2.45) is 0 Å². The molecule has 0 saturated carbocycles. The number of unbranched alkanes of at least 4 members (excludes halogenated alkanes) is 9. The lowest BCUT2D eigenvalue weighted by Crippen LogP contribution is -2.43. The van der Waals surface area contributed by atoms with E-state index >= 15 is 0 Å². The highest BCUT2D eigenvalue weighted by atomic mass is 32.2. The van der Waals surface area contributed by atoms with Crippen molar-refractivity contribution >= 4 is 15.9 Å². The SMILES string of the molecule is CCCCCCCCCCCCc1ccc(S(=O)(=O)NC(=O)[C@@H]2CCCN2)cc1. The molecule has 0 aromatic heterocycles. The maximum absolute atomic E-state index is 12.4. The number of aryl methyl sites for hydroxylation is 1. The third-order valence-corrected chi connectivity index (χ3v) is 7.03. The number of carbonyl (C=O) groups excluding carboxylic acids is 1. The van der Waals surface area contributed by atoms with E-state index in [0.29, 0.717) is 6.42 Å². The zero-order valence-corrected chi connectivity index (χ0v) is 18.7. The summed E-state index contributed by atoms with van der Waals surface area (Å²) < 4.78 is 27.0. The number of sulfonamides is 1. The van der Waals surface area contributed by atoms with E-state index in [9.17, 15) is 13.2 Å². The van der Waals surface area contributed by atoms with E-state index in [4.69, 9.17) is 0 Å². The summed E-state index contributed by atoms with van der Waals surface area (Å²) in [6, 6.07) is 6.52. The zero-order chi connectivity index (χ0) is 21.0. The molecule has 0 unspecified atom stereocenters. The van der Waals surface area contributed by atoms with E-state index in [0.717, 1.165) is 31.4 Å².